The highest BCUT2D eigenvalue weighted by atomic mass is 32.1. The summed E-state index contributed by atoms with van der Waals surface area (Å²) in [5.41, 5.74) is 13.4. The standard InChI is InChI=1S/C19H28N4O3S/c20-16(25)10-15-18(21)17-14(5-6-22-19(17)27-15)23-7-3-4-13(11-23)12-26-9-2-1-8-24/h5-6,13,24H,1-4,7-12,21H2,(H2,20,25). The van der Waals surface area contributed by atoms with Gasteiger partial charge in [0.05, 0.1) is 29.8 Å². The third kappa shape index (κ3) is 4.88. The number of nitrogens with two attached hydrogens (primary N) is 2. The molecule has 1 saturated heterocycles. The van der Waals surface area contributed by atoms with Crippen LogP contribution in [0.4, 0.5) is 11.4 Å². The van der Waals surface area contributed by atoms with Crippen molar-refractivity contribution >= 4 is 38.8 Å². The van der Waals surface area contributed by atoms with E-state index in [1.807, 2.05) is 6.07 Å². The van der Waals surface area contributed by atoms with Gasteiger partial charge in [-0.05, 0) is 37.7 Å². The molecule has 2 aromatic rings. The van der Waals surface area contributed by atoms with Crippen molar-refractivity contribution in [3.05, 3.63) is 17.1 Å². The average molecular weight is 393 g/mol. The van der Waals surface area contributed by atoms with Crippen molar-refractivity contribution in [2.45, 2.75) is 32.1 Å². The number of piperidine rings is 1. The van der Waals surface area contributed by atoms with Crippen LogP contribution in [-0.4, -0.2) is 48.9 Å². The first kappa shape index (κ1) is 19.9. The molecule has 148 valence electrons. The van der Waals surface area contributed by atoms with Gasteiger partial charge in [0.2, 0.25) is 5.91 Å². The Morgan fingerprint density at radius 2 is 2.30 bits per heavy atom. The van der Waals surface area contributed by atoms with Crippen molar-refractivity contribution in [2.24, 2.45) is 11.7 Å². The van der Waals surface area contributed by atoms with Crippen molar-refractivity contribution < 1.29 is 14.6 Å². The molecule has 8 heteroatoms. The van der Waals surface area contributed by atoms with Gasteiger partial charge in [-0.2, -0.15) is 0 Å². The summed E-state index contributed by atoms with van der Waals surface area (Å²) in [6.45, 7) is 3.55. The molecule has 1 unspecified atom stereocenters. The number of hydrogen-bond donors (Lipinski definition) is 3. The van der Waals surface area contributed by atoms with Crippen molar-refractivity contribution in [2.75, 3.05) is 43.5 Å². The lowest BCUT2D eigenvalue weighted by atomic mass is 9.98. The van der Waals surface area contributed by atoms with Gasteiger partial charge < -0.3 is 26.2 Å². The second-order valence-corrected chi connectivity index (χ2v) is 8.14. The second kappa shape index (κ2) is 9.34. The number of pyridine rings is 1. The van der Waals surface area contributed by atoms with Gasteiger partial charge in [-0.3, -0.25) is 4.79 Å². The maximum atomic E-state index is 11.3. The SMILES string of the molecule is NC(=O)Cc1sc2nccc(N3CCCC(COCCCCO)C3)c2c1N. The van der Waals surface area contributed by atoms with Crippen molar-refractivity contribution in [1.29, 1.82) is 0 Å². The molecular weight excluding hydrogens is 364 g/mol. The lowest BCUT2D eigenvalue weighted by Crippen LogP contribution is -2.37. The Labute approximate surface area is 163 Å². The number of fused-ring (bicyclic) bond motifs is 1. The largest absolute Gasteiger partial charge is 0.397 e. The van der Waals surface area contributed by atoms with Gasteiger partial charge in [-0.1, -0.05) is 0 Å². The number of carbonyl (C=O) groups is 1. The van der Waals surface area contributed by atoms with E-state index in [0.717, 1.165) is 66.2 Å². The van der Waals surface area contributed by atoms with Gasteiger partial charge in [-0.15, -0.1) is 11.3 Å². The van der Waals surface area contributed by atoms with Crippen LogP contribution in [0.3, 0.4) is 0 Å². The van der Waals surface area contributed by atoms with E-state index in [-0.39, 0.29) is 18.9 Å². The summed E-state index contributed by atoms with van der Waals surface area (Å²) in [5.74, 6) is 0.0900. The summed E-state index contributed by atoms with van der Waals surface area (Å²) in [7, 11) is 0. The van der Waals surface area contributed by atoms with E-state index < -0.39 is 0 Å². The first-order valence-corrected chi connectivity index (χ1v) is 10.3. The van der Waals surface area contributed by atoms with E-state index in [0.29, 0.717) is 18.2 Å². The number of rotatable bonds is 9. The minimum atomic E-state index is -0.383. The summed E-state index contributed by atoms with van der Waals surface area (Å²) in [6.07, 6.45) is 5.89. The summed E-state index contributed by atoms with van der Waals surface area (Å²) in [5, 5.41) is 9.77. The highest BCUT2D eigenvalue weighted by molar-refractivity contribution is 7.19. The monoisotopic (exact) mass is 392 g/mol. The smallest absolute Gasteiger partial charge is 0.222 e. The van der Waals surface area contributed by atoms with Crippen LogP contribution in [0.5, 0.6) is 0 Å². The van der Waals surface area contributed by atoms with Crippen LogP contribution in [0.1, 0.15) is 30.6 Å². The fraction of sp³-hybridized carbons (Fsp3) is 0.579. The van der Waals surface area contributed by atoms with E-state index in [9.17, 15) is 4.79 Å². The highest BCUT2D eigenvalue weighted by Crippen LogP contribution is 2.39. The van der Waals surface area contributed by atoms with Gasteiger partial charge in [-0.25, -0.2) is 4.98 Å². The number of carbonyl (C=O) groups excluding carboxylic acids is 1. The third-order valence-electron chi connectivity index (χ3n) is 4.93. The fourth-order valence-electron chi connectivity index (χ4n) is 3.61. The average Bonchev–Trinajstić information content (AvgIpc) is 2.97. The van der Waals surface area contributed by atoms with E-state index in [1.54, 1.807) is 6.20 Å². The number of primary amides is 1. The zero-order chi connectivity index (χ0) is 19.2. The molecule has 5 N–H and O–H groups in total. The van der Waals surface area contributed by atoms with Gasteiger partial charge in [0.25, 0.3) is 0 Å². The number of aromatic nitrogens is 1. The predicted octanol–water partition coefficient (Wildman–Crippen LogP) is 1.91. The fourth-order valence-corrected chi connectivity index (χ4v) is 4.70. The van der Waals surface area contributed by atoms with Crippen molar-refractivity contribution in [3.8, 4) is 0 Å². The van der Waals surface area contributed by atoms with Crippen LogP contribution in [0, 0.1) is 5.92 Å². The lowest BCUT2D eigenvalue weighted by molar-refractivity contribution is -0.117. The van der Waals surface area contributed by atoms with Gasteiger partial charge in [0.1, 0.15) is 4.83 Å². The topological polar surface area (TPSA) is 115 Å². The van der Waals surface area contributed by atoms with E-state index in [2.05, 4.69) is 9.88 Å². The van der Waals surface area contributed by atoms with Crippen LogP contribution >= 0.6 is 11.3 Å². The van der Waals surface area contributed by atoms with E-state index in [1.165, 1.54) is 11.3 Å². The Morgan fingerprint density at radius 3 is 3.07 bits per heavy atom. The molecule has 1 aliphatic rings. The second-order valence-electron chi connectivity index (χ2n) is 7.05. The minimum absolute atomic E-state index is 0.149. The Bertz CT molecular complexity index is 780. The molecular formula is C19H28N4O3S. The van der Waals surface area contributed by atoms with Gasteiger partial charge in [0, 0.05) is 37.4 Å². The predicted molar refractivity (Wildman–Crippen MR) is 109 cm³/mol. The number of aliphatic hydroxyl groups excluding tert-OH is 1. The number of nitrogens with zero attached hydrogens (tertiary/aromatic N) is 2. The number of anilines is 2. The van der Waals surface area contributed by atoms with Crippen LogP contribution in [0.2, 0.25) is 0 Å². The molecule has 0 radical (unpaired) electrons. The molecule has 0 aromatic carbocycles. The number of thiophene rings is 1. The number of aliphatic hydroxyl groups is 1. The van der Waals surface area contributed by atoms with Gasteiger partial charge >= 0.3 is 0 Å². The third-order valence-corrected chi connectivity index (χ3v) is 6.04. The maximum Gasteiger partial charge on any atom is 0.222 e. The van der Waals surface area contributed by atoms with Crippen molar-refractivity contribution in [3.63, 3.8) is 0 Å². The summed E-state index contributed by atoms with van der Waals surface area (Å²) < 4.78 is 5.79. The molecule has 3 heterocycles. The van der Waals surface area contributed by atoms with Crippen LogP contribution < -0.4 is 16.4 Å². The number of ether oxygens (including phenoxy) is 1. The Balaban J connectivity index is 1.72. The number of nitrogen functional groups attached to an aromatic ring is 1. The molecule has 1 atom stereocenters. The first-order valence-electron chi connectivity index (χ1n) is 9.48. The Hall–Kier alpha value is -1.90. The molecule has 1 aliphatic heterocycles. The Morgan fingerprint density at radius 1 is 1.44 bits per heavy atom. The quantitative estimate of drug-likeness (QED) is 0.562. The zero-order valence-electron chi connectivity index (χ0n) is 15.5. The molecule has 27 heavy (non-hydrogen) atoms. The number of hydrogen-bond acceptors (Lipinski definition) is 7. The molecule has 0 aliphatic carbocycles. The molecule has 0 spiro atoms. The Kier molecular flexibility index (Phi) is 6.87. The van der Waals surface area contributed by atoms with E-state index in [4.69, 9.17) is 21.3 Å². The zero-order valence-corrected chi connectivity index (χ0v) is 16.3. The molecule has 0 bridgehead atoms. The normalized spacial score (nSPS) is 17.5. The van der Waals surface area contributed by atoms with Crippen LogP contribution in [0.15, 0.2) is 12.3 Å². The number of amides is 1. The van der Waals surface area contributed by atoms with E-state index >= 15 is 0 Å². The van der Waals surface area contributed by atoms with Crippen LogP contribution in [-0.2, 0) is 16.0 Å². The first-order chi connectivity index (χ1) is 13.1. The molecule has 1 amide bonds. The summed E-state index contributed by atoms with van der Waals surface area (Å²) in [4.78, 5) is 19.7. The van der Waals surface area contributed by atoms with Gasteiger partial charge in [0.15, 0.2) is 0 Å². The molecule has 7 nitrogen and oxygen atoms in total. The minimum Gasteiger partial charge on any atom is -0.397 e. The van der Waals surface area contributed by atoms with Crippen molar-refractivity contribution in [1.82, 2.24) is 4.98 Å². The lowest BCUT2D eigenvalue weighted by Gasteiger charge is -2.34. The number of unbranched alkanes of at least 4 members (excludes halogenated alkanes) is 1. The van der Waals surface area contributed by atoms with Crippen LogP contribution in [0.25, 0.3) is 10.2 Å². The molecule has 0 saturated carbocycles. The summed E-state index contributed by atoms with van der Waals surface area (Å²) in [6, 6.07) is 2.00. The highest BCUT2D eigenvalue weighted by Gasteiger charge is 2.24. The molecule has 1 fully saturated rings. The molecule has 2 aromatic heterocycles. The summed E-state index contributed by atoms with van der Waals surface area (Å²) >= 11 is 1.44. The maximum absolute atomic E-state index is 11.3. The molecule has 3 rings (SSSR count).